The molecule has 3 aromatic rings. The number of carbonyl (C=O) groups excluding carboxylic acids is 1. The van der Waals surface area contributed by atoms with E-state index >= 15 is 0 Å². The quantitative estimate of drug-likeness (QED) is 0.357. The minimum Gasteiger partial charge on any atom is -0.317 e. The fourth-order valence-electron chi connectivity index (χ4n) is 4.02. The van der Waals surface area contributed by atoms with Crippen molar-refractivity contribution in [3.63, 3.8) is 0 Å². The number of thioether (sulfide) groups is 1. The molecular formula is C26H26BrN3OS. The number of nitrogens with zero attached hydrogens (tertiary/aromatic N) is 3. The molecule has 4 rings (SSSR count). The van der Waals surface area contributed by atoms with Crippen LogP contribution in [0.15, 0.2) is 62.9 Å². The zero-order chi connectivity index (χ0) is 23.0. The predicted molar refractivity (Wildman–Crippen MR) is 139 cm³/mol. The van der Waals surface area contributed by atoms with Gasteiger partial charge in [0.05, 0.1) is 16.3 Å². The molecule has 1 aromatic heterocycles. The first-order valence-corrected chi connectivity index (χ1v) is 12.2. The van der Waals surface area contributed by atoms with Gasteiger partial charge in [0.25, 0.3) is 5.91 Å². The van der Waals surface area contributed by atoms with Crippen LogP contribution in [-0.2, 0) is 11.2 Å². The van der Waals surface area contributed by atoms with Crippen molar-refractivity contribution >= 4 is 50.5 Å². The second-order valence-electron chi connectivity index (χ2n) is 7.94. The maximum atomic E-state index is 12.9. The lowest BCUT2D eigenvalue weighted by molar-refractivity contribution is -0.121. The second kappa shape index (κ2) is 9.12. The van der Waals surface area contributed by atoms with Crippen molar-refractivity contribution in [1.82, 2.24) is 9.47 Å². The van der Waals surface area contributed by atoms with Crippen LogP contribution >= 0.6 is 27.7 Å². The third kappa shape index (κ3) is 4.21. The van der Waals surface area contributed by atoms with Crippen molar-refractivity contribution in [2.75, 3.05) is 7.05 Å². The fourth-order valence-corrected chi connectivity index (χ4v) is 5.26. The van der Waals surface area contributed by atoms with Gasteiger partial charge in [-0.15, -0.1) is 0 Å². The Hall–Kier alpha value is -2.57. The van der Waals surface area contributed by atoms with Gasteiger partial charge in [0.15, 0.2) is 5.17 Å². The molecule has 1 saturated heterocycles. The zero-order valence-corrected chi connectivity index (χ0v) is 21.3. The summed E-state index contributed by atoms with van der Waals surface area (Å²) < 4.78 is 3.31. The Bertz CT molecular complexity index is 1250. The first kappa shape index (κ1) is 22.6. The summed E-state index contributed by atoms with van der Waals surface area (Å²) in [5.74, 6) is -0.0270. The smallest absolute Gasteiger partial charge is 0.266 e. The number of para-hydroxylation sites is 1. The Kier molecular flexibility index (Phi) is 6.45. The van der Waals surface area contributed by atoms with E-state index in [1.165, 1.54) is 28.6 Å². The number of carbonyl (C=O) groups is 1. The number of hydrogen-bond acceptors (Lipinski definition) is 3. The SMILES string of the molecule is CCc1cccc(C)c1-n1c(C)cc(/C=C2\SC(=Nc3ccc(Br)cc3)N(C)C2=O)c1C. The summed E-state index contributed by atoms with van der Waals surface area (Å²) in [6, 6.07) is 16.4. The predicted octanol–water partition coefficient (Wildman–Crippen LogP) is 6.96. The van der Waals surface area contributed by atoms with Gasteiger partial charge in [0, 0.05) is 22.9 Å². The molecule has 0 spiro atoms. The molecule has 6 heteroatoms. The van der Waals surface area contributed by atoms with E-state index in [-0.39, 0.29) is 5.91 Å². The van der Waals surface area contributed by atoms with Crippen LogP contribution in [0.2, 0.25) is 0 Å². The Labute approximate surface area is 202 Å². The highest BCUT2D eigenvalue weighted by Crippen LogP contribution is 2.35. The van der Waals surface area contributed by atoms with Crippen LogP contribution in [0, 0.1) is 20.8 Å². The molecule has 1 aliphatic heterocycles. The van der Waals surface area contributed by atoms with Crippen LogP contribution in [0.5, 0.6) is 0 Å². The molecule has 1 amide bonds. The number of amidine groups is 1. The van der Waals surface area contributed by atoms with Gasteiger partial charge in [0.1, 0.15) is 0 Å². The maximum absolute atomic E-state index is 12.9. The van der Waals surface area contributed by atoms with Gasteiger partial charge in [-0.05, 0) is 92.1 Å². The van der Waals surface area contributed by atoms with Crippen molar-refractivity contribution in [3.05, 3.63) is 86.0 Å². The van der Waals surface area contributed by atoms with E-state index in [9.17, 15) is 4.79 Å². The Balaban J connectivity index is 1.72. The molecule has 32 heavy (non-hydrogen) atoms. The molecule has 1 aliphatic rings. The van der Waals surface area contributed by atoms with Crippen molar-refractivity contribution < 1.29 is 4.79 Å². The van der Waals surface area contributed by atoms with Gasteiger partial charge in [0.2, 0.25) is 0 Å². The molecule has 0 aliphatic carbocycles. The van der Waals surface area contributed by atoms with Crippen LogP contribution < -0.4 is 0 Å². The van der Waals surface area contributed by atoms with Crippen LogP contribution in [0.25, 0.3) is 11.8 Å². The third-order valence-corrected chi connectivity index (χ3v) is 7.33. The van der Waals surface area contributed by atoms with Gasteiger partial charge < -0.3 is 4.57 Å². The van der Waals surface area contributed by atoms with Crippen LogP contribution in [0.3, 0.4) is 0 Å². The molecule has 0 bridgehead atoms. The molecule has 0 atom stereocenters. The molecular weight excluding hydrogens is 482 g/mol. The highest BCUT2D eigenvalue weighted by Gasteiger charge is 2.30. The Morgan fingerprint density at radius 1 is 1.09 bits per heavy atom. The number of rotatable bonds is 4. The zero-order valence-electron chi connectivity index (χ0n) is 18.9. The number of aromatic nitrogens is 1. The van der Waals surface area contributed by atoms with Crippen LogP contribution in [0.4, 0.5) is 5.69 Å². The molecule has 4 nitrogen and oxygen atoms in total. The summed E-state index contributed by atoms with van der Waals surface area (Å²) in [6.45, 7) is 8.58. The molecule has 0 N–H and O–H groups in total. The van der Waals surface area contributed by atoms with Crippen molar-refractivity contribution in [3.8, 4) is 5.69 Å². The molecule has 2 heterocycles. The standard InChI is InChI=1S/C26H26BrN3OS/c1-6-19-9-7-8-16(2)24(19)30-17(3)14-20(18(30)4)15-23-25(31)29(5)26(32-23)28-22-12-10-21(27)11-13-22/h7-15H,6H2,1-5H3/b23-15-,28-26?. The average molecular weight is 508 g/mol. The second-order valence-corrected chi connectivity index (χ2v) is 9.87. The first-order chi connectivity index (χ1) is 15.3. The summed E-state index contributed by atoms with van der Waals surface area (Å²) in [5, 5.41) is 0.685. The van der Waals surface area contributed by atoms with Crippen LogP contribution in [-0.4, -0.2) is 27.6 Å². The van der Waals surface area contributed by atoms with E-state index in [0.29, 0.717) is 10.1 Å². The summed E-state index contributed by atoms with van der Waals surface area (Å²) in [5.41, 5.74) is 7.98. The fraction of sp³-hybridized carbons (Fsp3) is 0.231. The Morgan fingerprint density at radius 2 is 1.81 bits per heavy atom. The number of halogens is 1. The van der Waals surface area contributed by atoms with Crippen molar-refractivity contribution in [1.29, 1.82) is 0 Å². The number of aryl methyl sites for hydroxylation is 3. The number of aliphatic imine (C=N–C) groups is 1. The molecule has 1 fully saturated rings. The monoisotopic (exact) mass is 507 g/mol. The summed E-state index contributed by atoms with van der Waals surface area (Å²) >= 11 is 4.86. The minimum absolute atomic E-state index is 0.0270. The normalized spacial score (nSPS) is 16.6. The highest BCUT2D eigenvalue weighted by molar-refractivity contribution is 9.10. The van der Waals surface area contributed by atoms with Crippen molar-refractivity contribution in [2.24, 2.45) is 4.99 Å². The number of likely N-dealkylation sites (N-methyl/N-ethyl adjacent to an activating group) is 1. The highest BCUT2D eigenvalue weighted by atomic mass is 79.9. The van der Waals surface area contributed by atoms with Crippen LogP contribution in [0.1, 0.15) is 35.0 Å². The topological polar surface area (TPSA) is 37.6 Å². The molecule has 0 saturated carbocycles. The summed E-state index contributed by atoms with van der Waals surface area (Å²) in [4.78, 5) is 19.9. The lowest BCUT2D eigenvalue weighted by Crippen LogP contribution is -2.23. The molecule has 164 valence electrons. The van der Waals surface area contributed by atoms with Crippen molar-refractivity contribution in [2.45, 2.75) is 34.1 Å². The third-order valence-electron chi connectivity index (χ3n) is 5.74. The van der Waals surface area contributed by atoms with E-state index in [4.69, 9.17) is 0 Å². The van der Waals surface area contributed by atoms with Gasteiger partial charge in [-0.3, -0.25) is 9.69 Å². The minimum atomic E-state index is -0.0270. The van der Waals surface area contributed by atoms with Gasteiger partial charge in [-0.25, -0.2) is 4.99 Å². The van der Waals surface area contributed by atoms with E-state index in [0.717, 1.165) is 33.5 Å². The van der Waals surface area contributed by atoms with E-state index in [1.54, 1.807) is 11.9 Å². The van der Waals surface area contributed by atoms with E-state index in [2.05, 4.69) is 77.4 Å². The van der Waals surface area contributed by atoms with Gasteiger partial charge in [-0.1, -0.05) is 41.1 Å². The number of hydrogen-bond donors (Lipinski definition) is 0. The summed E-state index contributed by atoms with van der Waals surface area (Å²) in [6.07, 6.45) is 2.97. The molecule has 2 aromatic carbocycles. The largest absolute Gasteiger partial charge is 0.317 e. The lowest BCUT2D eigenvalue weighted by Gasteiger charge is -2.17. The van der Waals surface area contributed by atoms with Gasteiger partial charge >= 0.3 is 0 Å². The van der Waals surface area contributed by atoms with E-state index < -0.39 is 0 Å². The molecule has 0 radical (unpaired) electrons. The lowest BCUT2D eigenvalue weighted by atomic mass is 10.1. The maximum Gasteiger partial charge on any atom is 0.266 e. The molecule has 0 unspecified atom stereocenters. The van der Waals surface area contributed by atoms with Gasteiger partial charge in [-0.2, -0.15) is 0 Å². The number of benzene rings is 2. The Morgan fingerprint density at radius 3 is 2.50 bits per heavy atom. The average Bonchev–Trinajstić information content (AvgIpc) is 3.19. The number of amides is 1. The first-order valence-electron chi connectivity index (χ1n) is 10.6. The van der Waals surface area contributed by atoms with E-state index in [1.807, 2.05) is 30.3 Å². The summed E-state index contributed by atoms with van der Waals surface area (Å²) in [7, 11) is 1.78.